The summed E-state index contributed by atoms with van der Waals surface area (Å²) in [5.74, 6) is -1.49. The van der Waals surface area contributed by atoms with Gasteiger partial charge in [0.25, 0.3) is 5.91 Å². The number of piperidine rings is 1. The number of aromatic carboxylic acids is 1. The Bertz CT molecular complexity index is 1080. The van der Waals surface area contributed by atoms with Crippen LogP contribution >= 0.6 is 11.6 Å². The Hall–Kier alpha value is -2.86. The number of aryl methyl sites for hydroxylation is 1. The van der Waals surface area contributed by atoms with Gasteiger partial charge in [0.15, 0.2) is 0 Å². The van der Waals surface area contributed by atoms with Crippen LogP contribution in [-0.2, 0) is 4.79 Å². The molecule has 7 heteroatoms. The van der Waals surface area contributed by atoms with Crippen molar-refractivity contribution in [1.82, 2.24) is 10.2 Å². The Morgan fingerprint density at radius 2 is 1.76 bits per heavy atom. The third-order valence-electron chi connectivity index (χ3n) is 6.76. The lowest BCUT2D eigenvalue weighted by Gasteiger charge is -2.45. The van der Waals surface area contributed by atoms with E-state index in [2.05, 4.69) is 31.3 Å². The Kier molecular flexibility index (Phi) is 7.71. The number of hydrogen-bond acceptors (Lipinski definition) is 3. The van der Waals surface area contributed by atoms with Crippen molar-refractivity contribution < 1.29 is 19.5 Å². The Morgan fingerprint density at radius 3 is 2.32 bits per heavy atom. The van der Waals surface area contributed by atoms with Crippen LogP contribution in [0.15, 0.2) is 42.5 Å². The summed E-state index contributed by atoms with van der Waals surface area (Å²) in [6, 6.07) is 11.7. The average molecular weight is 485 g/mol. The summed E-state index contributed by atoms with van der Waals surface area (Å²) in [5, 5.41) is 12.9. The lowest BCUT2D eigenvalue weighted by atomic mass is 9.70. The Balaban J connectivity index is 1.75. The van der Waals surface area contributed by atoms with E-state index in [-0.39, 0.29) is 28.4 Å². The first-order valence-corrected chi connectivity index (χ1v) is 12.0. The van der Waals surface area contributed by atoms with E-state index in [1.54, 1.807) is 19.1 Å². The van der Waals surface area contributed by atoms with Gasteiger partial charge in [-0.2, -0.15) is 0 Å². The topological polar surface area (TPSA) is 86.7 Å². The van der Waals surface area contributed by atoms with E-state index in [0.717, 1.165) is 6.42 Å². The molecule has 0 aliphatic carbocycles. The third-order valence-corrected chi connectivity index (χ3v) is 7.01. The monoisotopic (exact) mass is 484 g/mol. The van der Waals surface area contributed by atoms with E-state index in [1.165, 1.54) is 11.6 Å². The molecule has 34 heavy (non-hydrogen) atoms. The zero-order valence-electron chi connectivity index (χ0n) is 20.4. The van der Waals surface area contributed by atoms with E-state index in [0.29, 0.717) is 29.6 Å². The second-order valence-electron chi connectivity index (χ2n) is 10.2. The number of rotatable bonds is 6. The summed E-state index contributed by atoms with van der Waals surface area (Å²) in [7, 11) is 0. The zero-order chi connectivity index (χ0) is 25.2. The molecule has 2 atom stereocenters. The van der Waals surface area contributed by atoms with Crippen LogP contribution in [-0.4, -0.2) is 46.9 Å². The summed E-state index contributed by atoms with van der Waals surface area (Å²) in [6.07, 6.45) is 0.819. The molecular formula is C27H33ClN2O4. The molecule has 0 aromatic heterocycles. The lowest BCUT2D eigenvalue weighted by molar-refractivity contribution is -0.137. The van der Waals surface area contributed by atoms with Crippen LogP contribution in [0.4, 0.5) is 0 Å². The Morgan fingerprint density at radius 1 is 1.12 bits per heavy atom. The first kappa shape index (κ1) is 25.8. The molecule has 0 spiro atoms. The van der Waals surface area contributed by atoms with Crippen LogP contribution < -0.4 is 5.32 Å². The highest BCUT2D eigenvalue weighted by Crippen LogP contribution is 2.42. The van der Waals surface area contributed by atoms with E-state index in [1.807, 2.05) is 30.9 Å². The highest BCUT2D eigenvalue weighted by atomic mass is 35.5. The molecule has 182 valence electrons. The molecule has 1 aliphatic heterocycles. The normalized spacial score (nSPS) is 18.4. The van der Waals surface area contributed by atoms with Gasteiger partial charge in [0.2, 0.25) is 5.91 Å². The highest BCUT2D eigenvalue weighted by Gasteiger charge is 2.40. The van der Waals surface area contributed by atoms with Crippen molar-refractivity contribution in [3.63, 3.8) is 0 Å². The van der Waals surface area contributed by atoms with Crippen molar-refractivity contribution in [2.45, 2.75) is 53.0 Å². The van der Waals surface area contributed by atoms with Gasteiger partial charge in [-0.05, 0) is 66.0 Å². The van der Waals surface area contributed by atoms with Crippen molar-refractivity contribution >= 4 is 29.4 Å². The summed E-state index contributed by atoms with van der Waals surface area (Å²) >= 11 is 6.05. The molecule has 2 N–H and O–H groups in total. The molecule has 2 amide bonds. The molecule has 2 aromatic rings. The Labute approximate surface area is 206 Å². The first-order chi connectivity index (χ1) is 15.9. The number of nitrogens with one attached hydrogen (secondary N) is 1. The molecular weight excluding hydrogens is 452 g/mol. The van der Waals surface area contributed by atoms with Gasteiger partial charge < -0.3 is 15.3 Å². The number of amides is 2. The second-order valence-corrected chi connectivity index (χ2v) is 10.6. The van der Waals surface area contributed by atoms with E-state index in [4.69, 9.17) is 11.6 Å². The van der Waals surface area contributed by atoms with Crippen LogP contribution in [0.5, 0.6) is 0 Å². The summed E-state index contributed by atoms with van der Waals surface area (Å²) < 4.78 is 0. The van der Waals surface area contributed by atoms with Crippen molar-refractivity contribution in [1.29, 1.82) is 0 Å². The second kappa shape index (κ2) is 10.2. The molecule has 1 aliphatic rings. The number of hydrogen-bond donors (Lipinski definition) is 2. The predicted molar refractivity (Wildman–Crippen MR) is 133 cm³/mol. The zero-order valence-corrected chi connectivity index (χ0v) is 21.1. The van der Waals surface area contributed by atoms with E-state index >= 15 is 0 Å². The number of nitrogens with zero attached hydrogens (tertiary/aromatic N) is 1. The first-order valence-electron chi connectivity index (χ1n) is 11.6. The molecule has 3 rings (SSSR count). The van der Waals surface area contributed by atoms with Crippen LogP contribution in [0, 0.1) is 18.3 Å². The smallest absolute Gasteiger partial charge is 0.335 e. The quantitative estimate of drug-likeness (QED) is 0.594. The van der Waals surface area contributed by atoms with E-state index in [9.17, 15) is 19.5 Å². The number of halogens is 1. The molecule has 0 radical (unpaired) electrons. The SMILES string of the molecule is Cc1ccc(C(=O)NC(C(=O)N2CCC(c3ccc(Cl)cc3)C(C)(C)C2)C(C)C)cc1C(=O)O. The van der Waals surface area contributed by atoms with Gasteiger partial charge in [0, 0.05) is 23.7 Å². The maximum absolute atomic E-state index is 13.5. The molecule has 2 unspecified atom stereocenters. The van der Waals surface area contributed by atoms with Gasteiger partial charge in [0.05, 0.1) is 5.56 Å². The predicted octanol–water partition coefficient (Wildman–Crippen LogP) is 5.14. The molecule has 0 saturated carbocycles. The number of carbonyl (C=O) groups is 3. The molecule has 2 aromatic carbocycles. The standard InChI is InChI=1S/C27H33ClN2O4/c1-16(2)23(29-24(31)19-7-6-17(3)21(14-19)26(33)34)25(32)30-13-12-22(27(4,5)15-30)18-8-10-20(28)11-9-18/h6-11,14,16,22-23H,12-13,15H2,1-5H3,(H,29,31)(H,33,34). The van der Waals surface area contributed by atoms with Crippen molar-refractivity contribution in [2.24, 2.45) is 11.3 Å². The van der Waals surface area contributed by atoms with Crippen molar-refractivity contribution in [3.8, 4) is 0 Å². The van der Waals surface area contributed by atoms with Gasteiger partial charge >= 0.3 is 5.97 Å². The fourth-order valence-corrected chi connectivity index (χ4v) is 4.91. The van der Waals surface area contributed by atoms with Crippen LogP contribution in [0.1, 0.15) is 71.9 Å². The van der Waals surface area contributed by atoms with Gasteiger partial charge in [-0.1, -0.05) is 57.5 Å². The lowest BCUT2D eigenvalue weighted by Crippen LogP contribution is -2.55. The number of carboxylic acids is 1. The molecule has 1 fully saturated rings. The van der Waals surface area contributed by atoms with Gasteiger partial charge in [-0.3, -0.25) is 9.59 Å². The molecule has 1 saturated heterocycles. The van der Waals surface area contributed by atoms with Crippen molar-refractivity contribution in [3.05, 3.63) is 69.7 Å². The average Bonchev–Trinajstić information content (AvgIpc) is 2.77. The highest BCUT2D eigenvalue weighted by molar-refractivity contribution is 6.30. The number of carbonyl (C=O) groups excluding carboxylic acids is 2. The van der Waals surface area contributed by atoms with Crippen molar-refractivity contribution in [2.75, 3.05) is 13.1 Å². The number of carboxylic acid groups (broad SMARTS) is 1. The van der Waals surface area contributed by atoms with Crippen LogP contribution in [0.25, 0.3) is 0 Å². The third kappa shape index (κ3) is 5.61. The number of benzene rings is 2. The summed E-state index contributed by atoms with van der Waals surface area (Å²) in [6.45, 7) is 11.0. The van der Waals surface area contributed by atoms with Gasteiger partial charge in [0.1, 0.15) is 6.04 Å². The van der Waals surface area contributed by atoms with E-state index < -0.39 is 17.9 Å². The van der Waals surface area contributed by atoms with Gasteiger partial charge in [-0.25, -0.2) is 4.79 Å². The minimum absolute atomic E-state index is 0.0751. The maximum Gasteiger partial charge on any atom is 0.335 e. The molecule has 6 nitrogen and oxygen atoms in total. The van der Waals surface area contributed by atoms with Crippen LogP contribution in [0.2, 0.25) is 5.02 Å². The summed E-state index contributed by atoms with van der Waals surface area (Å²) in [5.41, 5.74) is 1.94. The number of likely N-dealkylation sites (tertiary alicyclic amines) is 1. The molecule has 1 heterocycles. The summed E-state index contributed by atoms with van der Waals surface area (Å²) in [4.78, 5) is 39.7. The molecule has 0 bridgehead atoms. The maximum atomic E-state index is 13.5. The fraction of sp³-hybridized carbons (Fsp3) is 0.444. The largest absolute Gasteiger partial charge is 0.478 e. The minimum atomic E-state index is -1.09. The minimum Gasteiger partial charge on any atom is -0.478 e. The van der Waals surface area contributed by atoms with Gasteiger partial charge in [-0.15, -0.1) is 0 Å². The fourth-order valence-electron chi connectivity index (χ4n) is 4.79. The van der Waals surface area contributed by atoms with Crippen LogP contribution in [0.3, 0.4) is 0 Å².